The van der Waals surface area contributed by atoms with Gasteiger partial charge in [0, 0.05) is 6.20 Å². The number of carbonyl (C=O) groups is 1. The van der Waals surface area contributed by atoms with Gasteiger partial charge in [0.2, 0.25) is 0 Å². The first-order valence-electron chi connectivity index (χ1n) is 5.71. The fourth-order valence-corrected chi connectivity index (χ4v) is 1.59. The average Bonchev–Trinajstić information content (AvgIpc) is 2.30. The highest BCUT2D eigenvalue weighted by molar-refractivity contribution is 5.88. The van der Waals surface area contributed by atoms with Gasteiger partial charge in [0.1, 0.15) is 5.82 Å². The maximum absolute atomic E-state index is 11.7. The number of anilines is 1. The minimum absolute atomic E-state index is 0.0868. The summed E-state index contributed by atoms with van der Waals surface area (Å²) in [5, 5.41) is 14.6. The number of rotatable bonds is 5. The fourth-order valence-electron chi connectivity index (χ4n) is 1.59. The molecule has 5 nitrogen and oxygen atoms in total. The highest BCUT2D eigenvalue weighted by Gasteiger charge is 2.24. The summed E-state index contributed by atoms with van der Waals surface area (Å²) in [7, 11) is 0. The Balaban J connectivity index is 2.54. The number of aromatic nitrogens is 1. The van der Waals surface area contributed by atoms with E-state index in [4.69, 9.17) is 0 Å². The van der Waals surface area contributed by atoms with Crippen LogP contribution in [0, 0.1) is 0 Å². The lowest BCUT2D eigenvalue weighted by molar-refractivity contribution is 0.167. The molecule has 1 rings (SSSR count). The zero-order chi connectivity index (χ0) is 12.7. The standard InChI is InChI=1S/C12H19N3O2/c1-3-7-12(2,9-16)15-11(17)14-10-6-4-5-8-13-10/h4-6,8,16H,3,7,9H2,1-2H3,(H2,13,14,15,17). The molecule has 0 bridgehead atoms. The van der Waals surface area contributed by atoms with Crippen LogP contribution >= 0.6 is 0 Å². The van der Waals surface area contributed by atoms with Gasteiger partial charge in [-0.3, -0.25) is 5.32 Å². The molecule has 0 aliphatic rings. The van der Waals surface area contributed by atoms with E-state index in [0.717, 1.165) is 12.8 Å². The zero-order valence-corrected chi connectivity index (χ0v) is 10.2. The van der Waals surface area contributed by atoms with Crippen LogP contribution in [0.15, 0.2) is 24.4 Å². The second-order valence-corrected chi connectivity index (χ2v) is 4.26. The van der Waals surface area contributed by atoms with Crippen molar-refractivity contribution in [2.24, 2.45) is 0 Å². The predicted octanol–water partition coefficient (Wildman–Crippen LogP) is 1.75. The van der Waals surface area contributed by atoms with E-state index in [9.17, 15) is 9.90 Å². The van der Waals surface area contributed by atoms with Crippen molar-refractivity contribution < 1.29 is 9.90 Å². The Morgan fingerprint density at radius 3 is 2.82 bits per heavy atom. The second kappa shape index (κ2) is 6.20. The second-order valence-electron chi connectivity index (χ2n) is 4.26. The SMILES string of the molecule is CCCC(C)(CO)NC(=O)Nc1ccccn1. The van der Waals surface area contributed by atoms with Crippen molar-refractivity contribution in [2.45, 2.75) is 32.2 Å². The van der Waals surface area contributed by atoms with Crippen molar-refractivity contribution in [3.05, 3.63) is 24.4 Å². The van der Waals surface area contributed by atoms with Crippen LogP contribution in [-0.4, -0.2) is 28.3 Å². The molecule has 0 aliphatic carbocycles. The maximum Gasteiger partial charge on any atom is 0.320 e. The molecular formula is C12H19N3O2. The number of carbonyl (C=O) groups excluding carboxylic acids is 1. The van der Waals surface area contributed by atoms with Gasteiger partial charge in [-0.05, 0) is 25.5 Å². The number of hydrogen-bond donors (Lipinski definition) is 3. The molecule has 3 N–H and O–H groups in total. The summed E-state index contributed by atoms with van der Waals surface area (Å²) in [6.45, 7) is 3.73. The first kappa shape index (κ1) is 13.4. The van der Waals surface area contributed by atoms with Crippen molar-refractivity contribution >= 4 is 11.8 Å². The molecule has 5 heteroatoms. The Morgan fingerprint density at radius 2 is 2.29 bits per heavy atom. The van der Waals surface area contributed by atoms with Gasteiger partial charge in [-0.25, -0.2) is 9.78 Å². The Kier molecular flexibility index (Phi) is 4.90. The number of aliphatic hydroxyl groups is 1. The number of nitrogens with zero attached hydrogens (tertiary/aromatic N) is 1. The van der Waals surface area contributed by atoms with Gasteiger partial charge in [-0.2, -0.15) is 0 Å². The Bertz CT molecular complexity index is 356. The van der Waals surface area contributed by atoms with E-state index >= 15 is 0 Å². The summed E-state index contributed by atoms with van der Waals surface area (Å²) >= 11 is 0. The van der Waals surface area contributed by atoms with Crippen molar-refractivity contribution in [1.29, 1.82) is 0 Å². The van der Waals surface area contributed by atoms with Crippen LogP contribution in [0.2, 0.25) is 0 Å². The van der Waals surface area contributed by atoms with Gasteiger partial charge in [-0.15, -0.1) is 0 Å². The Morgan fingerprint density at radius 1 is 1.53 bits per heavy atom. The summed E-state index contributed by atoms with van der Waals surface area (Å²) in [5.41, 5.74) is -0.590. The largest absolute Gasteiger partial charge is 0.394 e. The molecule has 0 aromatic carbocycles. The molecule has 0 fully saturated rings. The molecule has 0 saturated carbocycles. The van der Waals surface area contributed by atoms with Gasteiger partial charge < -0.3 is 10.4 Å². The third kappa shape index (κ3) is 4.40. The van der Waals surface area contributed by atoms with Gasteiger partial charge in [0.15, 0.2) is 0 Å². The molecule has 0 aliphatic heterocycles. The van der Waals surface area contributed by atoms with Gasteiger partial charge in [0.05, 0.1) is 12.1 Å². The summed E-state index contributed by atoms with van der Waals surface area (Å²) in [6, 6.07) is 4.92. The molecular weight excluding hydrogens is 218 g/mol. The highest BCUT2D eigenvalue weighted by atomic mass is 16.3. The molecule has 0 radical (unpaired) electrons. The molecule has 94 valence electrons. The van der Waals surface area contributed by atoms with E-state index in [-0.39, 0.29) is 12.6 Å². The monoisotopic (exact) mass is 237 g/mol. The van der Waals surface area contributed by atoms with E-state index in [0.29, 0.717) is 5.82 Å². The molecule has 0 spiro atoms. The maximum atomic E-state index is 11.7. The molecule has 0 saturated heterocycles. The molecule has 17 heavy (non-hydrogen) atoms. The van der Waals surface area contributed by atoms with Crippen molar-refractivity contribution in [3.63, 3.8) is 0 Å². The molecule has 1 heterocycles. The normalized spacial score (nSPS) is 13.8. The van der Waals surface area contributed by atoms with Crippen LogP contribution in [-0.2, 0) is 0 Å². The van der Waals surface area contributed by atoms with Crippen molar-refractivity contribution in [1.82, 2.24) is 10.3 Å². The fraction of sp³-hybridized carbons (Fsp3) is 0.500. The number of hydrogen-bond acceptors (Lipinski definition) is 3. The highest BCUT2D eigenvalue weighted by Crippen LogP contribution is 2.11. The number of pyridine rings is 1. The molecule has 1 aromatic heterocycles. The number of amides is 2. The Labute approximate surface area is 101 Å². The number of aliphatic hydroxyl groups excluding tert-OH is 1. The first-order chi connectivity index (χ1) is 8.09. The lowest BCUT2D eigenvalue weighted by Gasteiger charge is -2.28. The molecule has 1 atom stereocenters. The third-order valence-electron chi connectivity index (χ3n) is 2.47. The van der Waals surface area contributed by atoms with Gasteiger partial charge in [-0.1, -0.05) is 19.4 Å². The minimum atomic E-state index is -0.590. The summed E-state index contributed by atoms with van der Waals surface area (Å²) in [4.78, 5) is 15.7. The van der Waals surface area contributed by atoms with E-state index in [1.165, 1.54) is 0 Å². The van der Waals surface area contributed by atoms with Gasteiger partial charge in [0.25, 0.3) is 0 Å². The summed E-state index contributed by atoms with van der Waals surface area (Å²) in [6.07, 6.45) is 3.22. The topological polar surface area (TPSA) is 74.2 Å². The van der Waals surface area contributed by atoms with Crippen LogP contribution in [0.1, 0.15) is 26.7 Å². The van der Waals surface area contributed by atoms with Crippen LogP contribution in [0.4, 0.5) is 10.6 Å². The lowest BCUT2D eigenvalue weighted by atomic mass is 9.98. The van der Waals surface area contributed by atoms with Crippen LogP contribution < -0.4 is 10.6 Å². The van der Waals surface area contributed by atoms with E-state index in [1.54, 1.807) is 24.4 Å². The summed E-state index contributed by atoms with van der Waals surface area (Å²) < 4.78 is 0. The summed E-state index contributed by atoms with van der Waals surface area (Å²) in [5.74, 6) is 0.488. The van der Waals surface area contributed by atoms with Gasteiger partial charge >= 0.3 is 6.03 Å². The first-order valence-corrected chi connectivity index (χ1v) is 5.71. The third-order valence-corrected chi connectivity index (χ3v) is 2.47. The van der Waals surface area contributed by atoms with E-state index in [1.807, 2.05) is 13.8 Å². The smallest absolute Gasteiger partial charge is 0.320 e. The molecule has 2 amide bonds. The predicted molar refractivity (Wildman–Crippen MR) is 66.8 cm³/mol. The van der Waals surface area contributed by atoms with Crippen LogP contribution in [0.5, 0.6) is 0 Å². The number of urea groups is 1. The molecule has 1 unspecified atom stereocenters. The zero-order valence-electron chi connectivity index (χ0n) is 10.2. The Hall–Kier alpha value is -1.62. The molecule has 1 aromatic rings. The van der Waals surface area contributed by atoms with Crippen LogP contribution in [0.3, 0.4) is 0 Å². The number of nitrogens with one attached hydrogen (secondary N) is 2. The van der Waals surface area contributed by atoms with Crippen LogP contribution in [0.25, 0.3) is 0 Å². The van der Waals surface area contributed by atoms with Crippen molar-refractivity contribution in [2.75, 3.05) is 11.9 Å². The average molecular weight is 237 g/mol. The lowest BCUT2D eigenvalue weighted by Crippen LogP contribution is -2.50. The van der Waals surface area contributed by atoms with Crippen molar-refractivity contribution in [3.8, 4) is 0 Å². The minimum Gasteiger partial charge on any atom is -0.394 e. The quantitative estimate of drug-likeness (QED) is 0.730. The van der Waals surface area contributed by atoms with E-state index < -0.39 is 5.54 Å². The van der Waals surface area contributed by atoms with E-state index in [2.05, 4.69) is 15.6 Å².